The fraction of sp³-hybridized carbons (Fsp3) is 0.368. The summed E-state index contributed by atoms with van der Waals surface area (Å²) < 4.78 is 2.28. The molecule has 0 fully saturated rings. The van der Waals surface area contributed by atoms with Gasteiger partial charge in [0.15, 0.2) is 0 Å². The normalized spacial score (nSPS) is 11.5. The Kier molecular flexibility index (Phi) is 3.73. The van der Waals surface area contributed by atoms with Gasteiger partial charge in [0.1, 0.15) is 11.3 Å². The first kappa shape index (κ1) is 14.8. The highest BCUT2D eigenvalue weighted by Gasteiger charge is 2.17. The van der Waals surface area contributed by atoms with Crippen molar-refractivity contribution in [1.82, 2.24) is 14.5 Å². The summed E-state index contributed by atoms with van der Waals surface area (Å²) in [4.78, 5) is 9.43. The lowest BCUT2D eigenvalue weighted by molar-refractivity contribution is 0.759. The van der Waals surface area contributed by atoms with Crippen LogP contribution in [-0.2, 0) is 6.42 Å². The van der Waals surface area contributed by atoms with Crippen LogP contribution in [0.1, 0.15) is 49.5 Å². The van der Waals surface area contributed by atoms with Crippen molar-refractivity contribution in [3.8, 4) is 5.69 Å². The van der Waals surface area contributed by atoms with Gasteiger partial charge in [-0.25, -0.2) is 4.98 Å². The number of aromatic nitrogens is 3. The van der Waals surface area contributed by atoms with E-state index >= 15 is 0 Å². The lowest BCUT2D eigenvalue weighted by Gasteiger charge is -2.12. The number of nitrogens with zero attached hydrogens (tertiary/aromatic N) is 3. The van der Waals surface area contributed by atoms with E-state index in [9.17, 15) is 0 Å². The van der Waals surface area contributed by atoms with Gasteiger partial charge in [-0.05, 0) is 44.0 Å². The van der Waals surface area contributed by atoms with Crippen LogP contribution in [0, 0.1) is 13.8 Å². The Balaban J connectivity index is 2.31. The Morgan fingerprint density at radius 3 is 2.32 bits per heavy atom. The van der Waals surface area contributed by atoms with Gasteiger partial charge in [-0.3, -0.25) is 9.55 Å². The molecule has 3 heteroatoms. The van der Waals surface area contributed by atoms with Crippen molar-refractivity contribution in [3.05, 3.63) is 53.1 Å². The Morgan fingerprint density at radius 1 is 1.05 bits per heavy atom. The molecule has 0 atom stereocenters. The van der Waals surface area contributed by atoms with Crippen molar-refractivity contribution in [1.29, 1.82) is 0 Å². The minimum Gasteiger partial charge on any atom is -0.296 e. The van der Waals surface area contributed by atoms with E-state index in [2.05, 4.69) is 60.7 Å². The molecule has 114 valence electrons. The third kappa shape index (κ3) is 2.41. The van der Waals surface area contributed by atoms with Crippen LogP contribution >= 0.6 is 0 Å². The van der Waals surface area contributed by atoms with Crippen molar-refractivity contribution in [2.45, 2.75) is 47.0 Å². The van der Waals surface area contributed by atoms with Crippen LogP contribution in [-0.4, -0.2) is 14.5 Å². The summed E-state index contributed by atoms with van der Waals surface area (Å²) in [7, 11) is 0. The van der Waals surface area contributed by atoms with Crippen LogP contribution in [0.5, 0.6) is 0 Å². The molecule has 3 nitrogen and oxygen atoms in total. The number of pyridine rings is 1. The van der Waals surface area contributed by atoms with Crippen molar-refractivity contribution in [2.24, 2.45) is 0 Å². The molecule has 3 rings (SSSR count). The van der Waals surface area contributed by atoms with E-state index in [1.54, 1.807) is 0 Å². The molecule has 0 saturated heterocycles. The molecule has 0 bridgehead atoms. The zero-order valence-electron chi connectivity index (χ0n) is 14.0. The Labute approximate surface area is 132 Å². The standard InChI is InChI=1S/C19H23N3/c1-6-15-7-9-16(10-8-15)22-17-11-13(4)20-14(5)18(17)21-19(22)12(2)3/h7-12H,6H2,1-5H3. The molecule has 2 heterocycles. The fourth-order valence-corrected chi connectivity index (χ4v) is 2.94. The van der Waals surface area contributed by atoms with E-state index in [0.717, 1.165) is 34.7 Å². The topological polar surface area (TPSA) is 30.7 Å². The molecular weight excluding hydrogens is 270 g/mol. The van der Waals surface area contributed by atoms with E-state index in [4.69, 9.17) is 4.98 Å². The zero-order chi connectivity index (χ0) is 15.9. The highest BCUT2D eigenvalue weighted by Crippen LogP contribution is 2.28. The van der Waals surface area contributed by atoms with Crippen LogP contribution < -0.4 is 0 Å². The van der Waals surface area contributed by atoms with Gasteiger partial charge in [-0.15, -0.1) is 0 Å². The van der Waals surface area contributed by atoms with Gasteiger partial charge in [-0.2, -0.15) is 0 Å². The van der Waals surface area contributed by atoms with E-state index in [0.29, 0.717) is 5.92 Å². The second-order valence-corrected chi connectivity index (χ2v) is 6.20. The summed E-state index contributed by atoms with van der Waals surface area (Å²) in [5.74, 6) is 1.45. The predicted octanol–water partition coefficient (Wildman–Crippen LogP) is 4.72. The summed E-state index contributed by atoms with van der Waals surface area (Å²) in [6.07, 6.45) is 1.06. The molecule has 0 N–H and O–H groups in total. The second kappa shape index (κ2) is 5.56. The van der Waals surface area contributed by atoms with Crippen LogP contribution in [0.25, 0.3) is 16.7 Å². The fourth-order valence-electron chi connectivity index (χ4n) is 2.94. The maximum absolute atomic E-state index is 4.87. The molecule has 0 radical (unpaired) electrons. The Hall–Kier alpha value is -2.16. The maximum Gasteiger partial charge on any atom is 0.117 e. The van der Waals surface area contributed by atoms with Crippen LogP contribution in [0.4, 0.5) is 0 Å². The van der Waals surface area contributed by atoms with Gasteiger partial charge >= 0.3 is 0 Å². The van der Waals surface area contributed by atoms with E-state index < -0.39 is 0 Å². The molecule has 22 heavy (non-hydrogen) atoms. The summed E-state index contributed by atoms with van der Waals surface area (Å²) in [6, 6.07) is 10.9. The number of imidazole rings is 1. The molecule has 0 aliphatic carbocycles. The largest absolute Gasteiger partial charge is 0.296 e. The van der Waals surface area contributed by atoms with Crippen LogP contribution in [0.15, 0.2) is 30.3 Å². The minimum absolute atomic E-state index is 0.359. The first-order chi connectivity index (χ1) is 10.5. The lowest BCUT2D eigenvalue weighted by atomic mass is 10.1. The average Bonchev–Trinajstić information content (AvgIpc) is 2.87. The lowest BCUT2D eigenvalue weighted by Crippen LogP contribution is -2.03. The molecular formula is C19H23N3. The number of benzene rings is 1. The van der Waals surface area contributed by atoms with Gasteiger partial charge in [0, 0.05) is 17.3 Å². The number of hydrogen-bond acceptors (Lipinski definition) is 2. The molecule has 0 unspecified atom stereocenters. The highest BCUT2D eigenvalue weighted by molar-refractivity contribution is 5.80. The summed E-state index contributed by atoms with van der Waals surface area (Å²) >= 11 is 0. The number of fused-ring (bicyclic) bond motifs is 1. The predicted molar refractivity (Wildman–Crippen MR) is 91.8 cm³/mol. The third-order valence-corrected chi connectivity index (χ3v) is 4.09. The second-order valence-electron chi connectivity index (χ2n) is 6.20. The van der Waals surface area contributed by atoms with E-state index in [1.165, 1.54) is 11.3 Å². The van der Waals surface area contributed by atoms with E-state index in [1.807, 2.05) is 13.8 Å². The first-order valence-corrected chi connectivity index (χ1v) is 7.97. The molecule has 3 aromatic rings. The smallest absolute Gasteiger partial charge is 0.117 e. The van der Waals surface area contributed by atoms with Gasteiger partial charge in [0.2, 0.25) is 0 Å². The van der Waals surface area contributed by atoms with Crippen LogP contribution in [0.2, 0.25) is 0 Å². The molecule has 1 aromatic carbocycles. The van der Waals surface area contributed by atoms with Crippen LogP contribution in [0.3, 0.4) is 0 Å². The number of hydrogen-bond donors (Lipinski definition) is 0. The van der Waals surface area contributed by atoms with Crippen molar-refractivity contribution >= 4 is 11.0 Å². The summed E-state index contributed by atoms with van der Waals surface area (Å²) in [5, 5.41) is 0. The number of aryl methyl sites for hydroxylation is 3. The number of rotatable bonds is 3. The van der Waals surface area contributed by atoms with E-state index in [-0.39, 0.29) is 0 Å². The van der Waals surface area contributed by atoms with Crippen molar-refractivity contribution in [3.63, 3.8) is 0 Å². The summed E-state index contributed by atoms with van der Waals surface area (Å²) in [5.41, 5.74) is 6.72. The highest BCUT2D eigenvalue weighted by atomic mass is 15.1. The molecule has 2 aromatic heterocycles. The van der Waals surface area contributed by atoms with Gasteiger partial charge in [0.25, 0.3) is 0 Å². The molecule has 0 spiro atoms. The quantitative estimate of drug-likeness (QED) is 0.699. The van der Waals surface area contributed by atoms with Crippen molar-refractivity contribution in [2.75, 3.05) is 0 Å². The molecule has 0 aliphatic heterocycles. The first-order valence-electron chi connectivity index (χ1n) is 7.97. The SMILES string of the molecule is CCc1ccc(-n2c(C(C)C)nc3c(C)nc(C)cc32)cc1. The Morgan fingerprint density at radius 2 is 1.73 bits per heavy atom. The maximum atomic E-state index is 4.87. The summed E-state index contributed by atoms with van der Waals surface area (Å²) in [6.45, 7) is 10.6. The zero-order valence-corrected chi connectivity index (χ0v) is 14.0. The molecule has 0 amide bonds. The average molecular weight is 293 g/mol. The molecule has 0 aliphatic rings. The monoisotopic (exact) mass is 293 g/mol. The third-order valence-electron chi connectivity index (χ3n) is 4.09. The van der Waals surface area contributed by atoms with Gasteiger partial charge in [-0.1, -0.05) is 32.9 Å². The van der Waals surface area contributed by atoms with Gasteiger partial charge < -0.3 is 0 Å². The Bertz CT molecular complexity index is 811. The van der Waals surface area contributed by atoms with Gasteiger partial charge in [0.05, 0.1) is 11.2 Å². The van der Waals surface area contributed by atoms with Crippen molar-refractivity contribution < 1.29 is 0 Å². The molecule has 0 saturated carbocycles. The minimum atomic E-state index is 0.359.